The molecular weight excluding hydrogens is 1690 g/mol. The molecule has 43 nitrogen and oxygen atoms in total. The first-order chi connectivity index (χ1) is 61.3. The number of ether oxygens (including phenoxy) is 1. The molecule has 1 aliphatic rings. The number of nitrogens with one attached hydrogen (secondary N) is 14. The molecule has 2 heterocycles. The highest BCUT2D eigenvalue weighted by atomic mass is 16.5. The van der Waals surface area contributed by atoms with Crippen molar-refractivity contribution in [3.05, 3.63) is 138 Å². The molecule has 13 atom stereocenters. The van der Waals surface area contributed by atoms with E-state index in [1.54, 1.807) is 30.5 Å². The van der Waals surface area contributed by atoms with E-state index in [2.05, 4.69) is 88.5 Å². The maximum atomic E-state index is 15.0. The molecule has 25 N–H and O–H groups in total. The van der Waals surface area contributed by atoms with Crippen LogP contribution in [-0.2, 0) is 109 Å². The topological polar surface area (TPSA) is 702 Å². The number of aryl methyl sites for hydroxylation is 1. The van der Waals surface area contributed by atoms with Crippen LogP contribution >= 0.6 is 0 Å². The van der Waals surface area contributed by atoms with E-state index >= 15 is 0 Å². The average molecular weight is 1790 g/mol. The van der Waals surface area contributed by atoms with E-state index in [1.807, 2.05) is 52.3 Å². The Morgan fingerprint density at radius 3 is 1.67 bits per heavy atom. The Morgan fingerprint density at radius 2 is 1.05 bits per heavy atom. The zero-order valence-electron chi connectivity index (χ0n) is 69.9. The van der Waals surface area contributed by atoms with Crippen LogP contribution in [0.5, 0.6) is 0 Å². The molecule has 14 amide bonds. The van der Waals surface area contributed by atoms with Crippen LogP contribution in [-0.4, -0.2) is 248 Å². The Balaban J connectivity index is 1.02. The van der Waals surface area contributed by atoms with Crippen molar-refractivity contribution in [3.8, 4) is 0 Å². The number of carboxylic acids is 4. The second kappa shape index (κ2) is 45.0. The second-order valence-electron chi connectivity index (χ2n) is 31.0. The number of rotatable bonds is 31. The fourth-order valence-electron chi connectivity index (χ4n) is 14.8. The first-order valence-electron chi connectivity index (χ1n) is 40.9. The number of fused-ring (bicyclic) bond motifs is 3. The summed E-state index contributed by atoms with van der Waals surface area (Å²) >= 11 is 0. The number of hydrogen-bond donors (Lipinski definition) is 22. The number of aliphatic hydroxyl groups excluding tert-OH is 1. The molecule has 0 saturated carbocycles. The van der Waals surface area contributed by atoms with E-state index in [-0.39, 0.29) is 43.5 Å². The zero-order valence-corrected chi connectivity index (χ0v) is 69.9. The number of para-hydroxylation sites is 2. The molecule has 9 rings (SSSR count). The van der Waals surface area contributed by atoms with Crippen LogP contribution in [0, 0.1) is 5.92 Å². The highest BCUT2D eigenvalue weighted by Gasteiger charge is 2.41. The molecule has 43 heteroatoms. The third-order valence-corrected chi connectivity index (χ3v) is 21.2. The fourth-order valence-corrected chi connectivity index (χ4v) is 14.8. The number of aromatic nitrogens is 1. The standard InChI is InChI=1S/C86H99N17O26/c1-40(27-68(110)111)74-85(127)101-61(31-63(105)51-18-4-6-22-53(51)88)86(128)129-42(3)75(84(126)92-38-66(108)94-55(24-12-26-87)78(120)99-59(34-70(114)115)79(121)93-41(2)76(118)97-58(33-69(112)113)77(119)91-37-67(109)96-62(39-104)83(125)102-74)103-82(124)60(35-71(116)117)100-81(123)57(32-64(89)106)98-80(122)56(30-46-36-90-54-23-7-5-17-47(46)54)95-65(107)25-8-13-43-28-45-16-11-20-49-48-19-9-14-44-15-10-21-50(72(44)48)52(29-43)73(45)49/h4-7,9-11,14-23,28-29,36,40-42,55-62,74-75,90,104H,8,12-13,24-27,30-35,37-39,87-88H2,1-3H3,(H2,89,106)(H,91,119)(H,92,126)(H,93,121)(H,94,108)(H,95,107)(H,96,109)(H,97,118)(H,98,122)(H,99,120)(H,100,123)(H,101,127)(H,102,125)(H,103,124)(H,110,111)(H,112,113)(H,114,115)(H,116,117)/t40-,41-,42-,55+,56+,57-,58+,59+,60+,61+,62-,74+,75+/m1/s1. The van der Waals surface area contributed by atoms with Crippen LogP contribution < -0.4 is 86.3 Å². The van der Waals surface area contributed by atoms with Gasteiger partial charge in [0, 0.05) is 47.6 Å². The molecular formula is C86H99N17O26. The van der Waals surface area contributed by atoms with Crippen molar-refractivity contribution in [2.75, 3.05) is 32.0 Å². The quantitative estimate of drug-likeness (QED) is 0.00692. The van der Waals surface area contributed by atoms with Crippen molar-refractivity contribution in [3.63, 3.8) is 0 Å². The number of H-pyrrole nitrogens is 1. The van der Waals surface area contributed by atoms with Crippen molar-refractivity contribution < 1.29 is 126 Å². The summed E-state index contributed by atoms with van der Waals surface area (Å²) in [6.07, 6.45) is -7.95. The van der Waals surface area contributed by atoms with Crippen LogP contribution in [0.4, 0.5) is 5.69 Å². The first kappa shape index (κ1) is 97.5. The number of nitrogens with two attached hydrogens (primary N) is 3. The van der Waals surface area contributed by atoms with Gasteiger partial charge in [-0.1, -0.05) is 104 Å². The summed E-state index contributed by atoms with van der Waals surface area (Å²) in [6.45, 7) is -0.984. The van der Waals surface area contributed by atoms with Gasteiger partial charge in [-0.15, -0.1) is 0 Å². The summed E-state index contributed by atoms with van der Waals surface area (Å²) in [6, 6.07) is 11.7. The number of aliphatic hydroxyl groups is 1. The lowest BCUT2D eigenvalue weighted by Crippen LogP contribution is -2.62. The van der Waals surface area contributed by atoms with Gasteiger partial charge in [-0.2, -0.15) is 0 Å². The van der Waals surface area contributed by atoms with E-state index in [1.165, 1.54) is 24.3 Å². The van der Waals surface area contributed by atoms with Crippen molar-refractivity contribution in [2.45, 2.75) is 170 Å². The summed E-state index contributed by atoms with van der Waals surface area (Å²) in [5.41, 5.74) is 19.1. The van der Waals surface area contributed by atoms with Gasteiger partial charge in [0.15, 0.2) is 5.78 Å². The summed E-state index contributed by atoms with van der Waals surface area (Å²) in [5.74, 6) is -30.0. The van der Waals surface area contributed by atoms with E-state index in [4.69, 9.17) is 21.9 Å². The summed E-state index contributed by atoms with van der Waals surface area (Å²) in [7, 11) is 0. The molecule has 1 aliphatic heterocycles. The Morgan fingerprint density at radius 1 is 0.512 bits per heavy atom. The molecule has 0 aliphatic carbocycles. The number of Topliss-reactive ketones (excluding diaryl/α,β-unsaturated/α-hetero) is 1. The minimum atomic E-state index is -2.47. The van der Waals surface area contributed by atoms with E-state index in [0.717, 1.165) is 69.4 Å². The van der Waals surface area contributed by atoms with Gasteiger partial charge in [0.2, 0.25) is 82.7 Å². The average Bonchev–Trinajstić information content (AvgIpc) is 0.935. The Bertz CT molecular complexity index is 5660. The lowest BCUT2D eigenvalue weighted by molar-refractivity contribution is -0.156. The molecule has 129 heavy (non-hydrogen) atoms. The van der Waals surface area contributed by atoms with Crippen LogP contribution in [0.2, 0.25) is 0 Å². The molecule has 684 valence electrons. The normalized spacial score (nSPS) is 20.3. The Hall–Kier alpha value is -15.3. The van der Waals surface area contributed by atoms with Crippen molar-refractivity contribution in [1.82, 2.24) is 74.1 Å². The van der Waals surface area contributed by atoms with Gasteiger partial charge in [0.1, 0.15) is 72.6 Å². The lowest BCUT2D eigenvalue weighted by Gasteiger charge is -2.30. The van der Waals surface area contributed by atoms with Crippen LogP contribution in [0.15, 0.2) is 121 Å². The maximum Gasteiger partial charge on any atom is 0.329 e. The van der Waals surface area contributed by atoms with Gasteiger partial charge in [0.05, 0.1) is 51.8 Å². The number of nitrogen functional groups attached to an aromatic ring is 1. The highest BCUT2D eigenvalue weighted by molar-refractivity contribution is 6.33. The molecule has 1 saturated heterocycles. The lowest BCUT2D eigenvalue weighted by atomic mass is 9.88. The number of benzene rings is 7. The van der Waals surface area contributed by atoms with Crippen LogP contribution in [0.3, 0.4) is 0 Å². The number of carboxylic acid groups (broad SMARTS) is 4. The molecule has 0 radical (unpaired) electrons. The maximum absolute atomic E-state index is 15.0. The third-order valence-electron chi connectivity index (χ3n) is 21.2. The number of amides is 14. The Kier molecular flexibility index (Phi) is 34.0. The summed E-state index contributed by atoms with van der Waals surface area (Å²) < 4.78 is 5.72. The van der Waals surface area contributed by atoms with Crippen molar-refractivity contribution in [1.29, 1.82) is 0 Å². The van der Waals surface area contributed by atoms with E-state index in [0.29, 0.717) is 22.9 Å². The Labute approximate surface area is 733 Å². The number of carbonyl (C=O) groups is 20. The van der Waals surface area contributed by atoms with Gasteiger partial charge >= 0.3 is 29.8 Å². The highest BCUT2D eigenvalue weighted by Crippen LogP contribution is 2.41. The molecule has 7 aromatic carbocycles. The number of hydrogen-bond acceptors (Lipinski definition) is 24. The van der Waals surface area contributed by atoms with Gasteiger partial charge in [0.25, 0.3) is 0 Å². The number of esters is 1. The number of aromatic amines is 1. The SMILES string of the molecule is C[C@H](CC(=O)O)[C@@H]1NC(=O)[C@@H](CO)NC(=O)CNC(=O)[C@H](CC(=O)O)NC(=O)[C@@H](C)NC(=O)[C@H](CC(=O)O)NC(=O)[C@H](CCCN)NC(=O)CNC(=O)[C@@H](NC(=O)[C@H](CC(=O)O)NC(=O)[C@@H](CC(N)=O)NC(=O)[C@H](Cc2c[nH]c3ccccc23)NC(=O)CCCc2cc3cccc4c5cccc6cccc(c(c2)c34)c65)[C@@H](C)OC(=O)[C@H](CC(=O)c2ccccc2N)NC1=O. The molecule has 0 bridgehead atoms. The fraction of sp³-hybridized carbons (Fsp3) is 0.372. The van der Waals surface area contributed by atoms with Gasteiger partial charge in [-0.3, -0.25) is 91.1 Å². The summed E-state index contributed by atoms with van der Waals surface area (Å²) in [5, 5.41) is 87.7. The van der Waals surface area contributed by atoms with Crippen molar-refractivity contribution >= 4 is 178 Å². The van der Waals surface area contributed by atoms with Crippen LogP contribution in [0.25, 0.3) is 54.0 Å². The summed E-state index contributed by atoms with van der Waals surface area (Å²) in [4.78, 5) is 279. The predicted molar refractivity (Wildman–Crippen MR) is 458 cm³/mol. The van der Waals surface area contributed by atoms with E-state index in [9.17, 15) is 121 Å². The predicted octanol–water partition coefficient (Wildman–Crippen LogP) is -2.69. The smallest absolute Gasteiger partial charge is 0.329 e. The van der Waals surface area contributed by atoms with Crippen molar-refractivity contribution in [2.24, 2.45) is 17.4 Å². The number of cyclic esters (lactones) is 1. The molecule has 0 unspecified atom stereocenters. The number of primary amides is 1. The number of anilines is 1. The molecule has 8 aromatic rings. The number of carbonyl (C=O) groups excluding carboxylic acids is 16. The number of aliphatic carboxylic acids is 4. The van der Waals surface area contributed by atoms with Gasteiger partial charge in [-0.25, -0.2) is 4.79 Å². The zero-order chi connectivity index (χ0) is 94.2. The second-order valence-corrected chi connectivity index (χ2v) is 31.0. The van der Waals surface area contributed by atoms with E-state index < -0.39 is 261 Å². The number of ketones is 1. The minimum Gasteiger partial charge on any atom is -0.481 e. The van der Waals surface area contributed by atoms with Gasteiger partial charge in [-0.05, 0) is 124 Å². The molecule has 0 spiro atoms. The third kappa shape index (κ3) is 26.6. The monoisotopic (exact) mass is 1790 g/mol. The van der Waals surface area contributed by atoms with Gasteiger partial charge < -0.3 is 122 Å². The van der Waals surface area contributed by atoms with Crippen LogP contribution in [0.1, 0.15) is 106 Å². The first-order valence-corrected chi connectivity index (χ1v) is 40.9. The minimum absolute atomic E-state index is 0.102. The largest absolute Gasteiger partial charge is 0.481 e. The molecule has 1 aromatic heterocycles. The molecule has 1 fully saturated rings.